The summed E-state index contributed by atoms with van der Waals surface area (Å²) >= 11 is 0. The van der Waals surface area contributed by atoms with Crippen molar-refractivity contribution in [1.29, 1.82) is 0 Å². The topological polar surface area (TPSA) is 54.5 Å². The number of carbonyl (C=O) groups is 3. The van der Waals surface area contributed by atoms with E-state index in [9.17, 15) is 14.4 Å². The average Bonchev–Trinajstić information content (AvgIpc) is 2.08. The zero-order valence-corrected chi connectivity index (χ0v) is 7.33. The molecule has 2 atom stereocenters. The van der Waals surface area contributed by atoms with Gasteiger partial charge in [-0.25, -0.2) is 0 Å². The van der Waals surface area contributed by atoms with Gasteiger partial charge in [-0.05, 0) is 13.8 Å². The van der Waals surface area contributed by atoms with Gasteiger partial charge in [-0.15, -0.1) is 0 Å². The first-order valence-corrected chi connectivity index (χ1v) is 3.82. The van der Waals surface area contributed by atoms with Crippen molar-refractivity contribution >= 4 is 17.6 Å². The molecule has 0 aromatic carbocycles. The van der Waals surface area contributed by atoms with Crippen LogP contribution in [-0.2, 0) is 14.4 Å². The van der Waals surface area contributed by atoms with Crippen molar-refractivity contribution in [3.05, 3.63) is 0 Å². The highest BCUT2D eigenvalue weighted by Gasteiger charge is 2.40. The SMILES string of the molecule is CC1C(=O)C(C)C(=O)N(C)C1=O. The predicted molar refractivity (Wildman–Crippen MR) is 41.1 cm³/mol. The summed E-state index contributed by atoms with van der Waals surface area (Å²) < 4.78 is 0. The summed E-state index contributed by atoms with van der Waals surface area (Å²) in [5.74, 6) is -2.40. The van der Waals surface area contributed by atoms with Gasteiger partial charge >= 0.3 is 0 Å². The van der Waals surface area contributed by atoms with E-state index in [0.717, 1.165) is 4.90 Å². The van der Waals surface area contributed by atoms with Gasteiger partial charge in [-0.3, -0.25) is 19.3 Å². The summed E-state index contributed by atoms with van der Waals surface area (Å²) in [5.41, 5.74) is 0. The lowest BCUT2D eigenvalue weighted by Crippen LogP contribution is -2.51. The van der Waals surface area contributed by atoms with Gasteiger partial charge in [0, 0.05) is 7.05 Å². The summed E-state index contributed by atoms with van der Waals surface area (Å²) in [5, 5.41) is 0. The number of carbonyl (C=O) groups excluding carboxylic acids is 3. The largest absolute Gasteiger partial charge is 0.298 e. The molecule has 1 fully saturated rings. The third-order valence-corrected chi connectivity index (χ3v) is 2.26. The number of imide groups is 1. The molecular formula is C8H11NO3. The first-order chi connectivity index (χ1) is 5.46. The van der Waals surface area contributed by atoms with Crippen LogP contribution in [0.2, 0.25) is 0 Å². The van der Waals surface area contributed by atoms with Gasteiger partial charge in [-0.2, -0.15) is 0 Å². The zero-order chi connectivity index (χ0) is 9.46. The molecular weight excluding hydrogens is 158 g/mol. The number of hydrogen-bond donors (Lipinski definition) is 0. The van der Waals surface area contributed by atoms with Crippen LogP contribution in [0.5, 0.6) is 0 Å². The Morgan fingerprint density at radius 1 is 1.00 bits per heavy atom. The summed E-state index contributed by atoms with van der Waals surface area (Å²) in [4.78, 5) is 34.6. The Hall–Kier alpha value is -1.19. The Balaban J connectivity index is 2.99. The molecule has 4 nitrogen and oxygen atoms in total. The second-order valence-corrected chi connectivity index (χ2v) is 3.08. The summed E-state index contributed by atoms with van der Waals surface area (Å²) in [6.07, 6.45) is 0. The van der Waals surface area contributed by atoms with E-state index in [1.54, 1.807) is 0 Å². The van der Waals surface area contributed by atoms with Crippen molar-refractivity contribution in [3.8, 4) is 0 Å². The fourth-order valence-electron chi connectivity index (χ4n) is 1.31. The summed E-state index contributed by atoms with van der Waals surface area (Å²) in [6.45, 7) is 3.06. The van der Waals surface area contributed by atoms with Crippen LogP contribution >= 0.6 is 0 Å². The van der Waals surface area contributed by atoms with Crippen LogP contribution in [0.15, 0.2) is 0 Å². The van der Waals surface area contributed by atoms with E-state index in [4.69, 9.17) is 0 Å². The summed E-state index contributed by atoms with van der Waals surface area (Å²) in [7, 11) is 1.41. The number of ketones is 1. The number of hydrogen-bond acceptors (Lipinski definition) is 3. The third kappa shape index (κ3) is 1.03. The van der Waals surface area contributed by atoms with Crippen LogP contribution in [0.3, 0.4) is 0 Å². The molecule has 66 valence electrons. The lowest BCUT2D eigenvalue weighted by molar-refractivity contribution is -0.157. The molecule has 1 saturated heterocycles. The summed E-state index contributed by atoms with van der Waals surface area (Å²) in [6, 6.07) is 0. The van der Waals surface area contributed by atoms with Crippen LogP contribution < -0.4 is 0 Å². The van der Waals surface area contributed by atoms with Crippen LogP contribution in [0.25, 0.3) is 0 Å². The molecule has 0 saturated carbocycles. The molecule has 2 amide bonds. The number of Topliss-reactive ketones (excluding diaryl/α,β-unsaturated/α-hetero) is 1. The van der Waals surface area contributed by atoms with Gasteiger partial charge in [0.25, 0.3) is 0 Å². The van der Waals surface area contributed by atoms with Gasteiger partial charge < -0.3 is 0 Å². The highest BCUT2D eigenvalue weighted by molar-refractivity contribution is 6.19. The molecule has 0 bridgehead atoms. The van der Waals surface area contributed by atoms with Crippen molar-refractivity contribution in [1.82, 2.24) is 4.90 Å². The van der Waals surface area contributed by atoms with Crippen LogP contribution in [0.1, 0.15) is 13.8 Å². The first kappa shape index (κ1) is 8.90. The predicted octanol–water partition coefficient (Wildman–Crippen LogP) is -0.174. The van der Waals surface area contributed by atoms with E-state index < -0.39 is 23.7 Å². The van der Waals surface area contributed by atoms with Gasteiger partial charge in [0.1, 0.15) is 0 Å². The first-order valence-electron chi connectivity index (χ1n) is 3.82. The minimum absolute atomic E-state index is 0.275. The third-order valence-electron chi connectivity index (χ3n) is 2.26. The van der Waals surface area contributed by atoms with Crippen molar-refractivity contribution < 1.29 is 14.4 Å². The molecule has 0 aromatic rings. The Labute approximate surface area is 70.5 Å². The van der Waals surface area contributed by atoms with Crippen LogP contribution in [0.4, 0.5) is 0 Å². The standard InChI is InChI=1S/C8H11NO3/c1-4-6(10)5(2)8(12)9(3)7(4)11/h4-5H,1-3H3. The smallest absolute Gasteiger partial charge is 0.239 e. The Kier molecular flexibility index (Phi) is 2.00. The molecule has 2 unspecified atom stereocenters. The van der Waals surface area contributed by atoms with Crippen molar-refractivity contribution in [3.63, 3.8) is 0 Å². The second-order valence-electron chi connectivity index (χ2n) is 3.08. The molecule has 0 radical (unpaired) electrons. The lowest BCUT2D eigenvalue weighted by Gasteiger charge is -2.28. The Morgan fingerprint density at radius 3 is 1.67 bits per heavy atom. The highest BCUT2D eigenvalue weighted by Crippen LogP contribution is 2.18. The fraction of sp³-hybridized carbons (Fsp3) is 0.625. The van der Waals surface area contributed by atoms with Gasteiger partial charge in [0.05, 0.1) is 11.8 Å². The number of rotatable bonds is 0. The highest BCUT2D eigenvalue weighted by atomic mass is 16.2. The maximum Gasteiger partial charge on any atom is 0.239 e. The minimum Gasteiger partial charge on any atom is -0.298 e. The van der Waals surface area contributed by atoms with E-state index in [-0.39, 0.29) is 5.78 Å². The van der Waals surface area contributed by atoms with E-state index >= 15 is 0 Å². The molecule has 1 rings (SSSR count). The monoisotopic (exact) mass is 169 g/mol. The Morgan fingerprint density at radius 2 is 1.33 bits per heavy atom. The quantitative estimate of drug-likeness (QED) is 0.373. The minimum atomic E-state index is -0.664. The number of amides is 2. The zero-order valence-electron chi connectivity index (χ0n) is 7.33. The molecule has 1 aliphatic rings. The molecule has 0 spiro atoms. The van der Waals surface area contributed by atoms with E-state index in [2.05, 4.69) is 0 Å². The van der Waals surface area contributed by atoms with Crippen LogP contribution in [0, 0.1) is 11.8 Å². The molecule has 0 N–H and O–H groups in total. The molecule has 1 heterocycles. The van der Waals surface area contributed by atoms with Gasteiger partial charge in [-0.1, -0.05) is 0 Å². The molecule has 0 aliphatic carbocycles. The number of nitrogens with zero attached hydrogens (tertiary/aromatic N) is 1. The molecule has 0 aromatic heterocycles. The number of piperidine rings is 1. The molecule has 12 heavy (non-hydrogen) atoms. The van der Waals surface area contributed by atoms with Crippen molar-refractivity contribution in [2.45, 2.75) is 13.8 Å². The van der Waals surface area contributed by atoms with Crippen molar-refractivity contribution in [2.24, 2.45) is 11.8 Å². The maximum absolute atomic E-state index is 11.2. The molecule has 4 heteroatoms. The van der Waals surface area contributed by atoms with E-state index in [0.29, 0.717) is 0 Å². The average molecular weight is 169 g/mol. The van der Waals surface area contributed by atoms with Gasteiger partial charge in [0.2, 0.25) is 11.8 Å². The fourth-order valence-corrected chi connectivity index (χ4v) is 1.31. The van der Waals surface area contributed by atoms with Crippen LogP contribution in [-0.4, -0.2) is 29.5 Å². The number of likely N-dealkylation sites (tertiary alicyclic amines) is 1. The Bertz CT molecular complexity index is 198. The lowest BCUT2D eigenvalue weighted by atomic mass is 9.89. The van der Waals surface area contributed by atoms with E-state index in [1.165, 1.54) is 20.9 Å². The van der Waals surface area contributed by atoms with Crippen molar-refractivity contribution in [2.75, 3.05) is 7.05 Å². The van der Waals surface area contributed by atoms with Gasteiger partial charge in [0.15, 0.2) is 5.78 Å². The maximum atomic E-state index is 11.2. The normalized spacial score (nSPS) is 31.2. The second kappa shape index (κ2) is 2.69. The molecule has 1 aliphatic heterocycles. The van der Waals surface area contributed by atoms with E-state index in [1.807, 2.05) is 0 Å².